The molecule has 0 aliphatic heterocycles. The Hall–Kier alpha value is -5.22. The van der Waals surface area contributed by atoms with Gasteiger partial charge in [0.2, 0.25) is 4.96 Å². The molecular formula is C37H37N5O4S. The number of ether oxygens (including phenoxy) is 3. The third-order valence-electron chi connectivity index (χ3n) is 7.51. The first kappa shape index (κ1) is 31.7. The normalized spacial score (nSPS) is 11.9. The Morgan fingerprint density at radius 1 is 0.851 bits per heavy atom. The number of unbranched alkanes of at least 4 members (excludes halogenated alkanes) is 2. The zero-order valence-corrected chi connectivity index (χ0v) is 27.6. The molecule has 3 heterocycles. The Morgan fingerprint density at radius 3 is 2.34 bits per heavy atom. The molecule has 0 N–H and O–H groups in total. The van der Waals surface area contributed by atoms with Gasteiger partial charge in [0.25, 0.3) is 5.56 Å². The van der Waals surface area contributed by atoms with E-state index >= 15 is 0 Å². The van der Waals surface area contributed by atoms with Crippen molar-refractivity contribution in [1.29, 1.82) is 0 Å². The fourth-order valence-corrected chi connectivity index (χ4v) is 5.84. The largest absolute Gasteiger partial charge is 0.494 e. The molecule has 0 saturated heterocycles. The van der Waals surface area contributed by atoms with Crippen LogP contribution in [0.3, 0.4) is 0 Å². The summed E-state index contributed by atoms with van der Waals surface area (Å²) in [5.41, 5.74) is 4.09. The second-order valence-electron chi connectivity index (χ2n) is 11.0. The van der Waals surface area contributed by atoms with Crippen LogP contribution >= 0.6 is 11.3 Å². The molecule has 0 atom stereocenters. The molecule has 3 aromatic heterocycles. The molecule has 10 heteroatoms. The van der Waals surface area contributed by atoms with Gasteiger partial charge >= 0.3 is 0 Å². The van der Waals surface area contributed by atoms with E-state index in [4.69, 9.17) is 19.3 Å². The number of aromatic nitrogens is 5. The van der Waals surface area contributed by atoms with E-state index in [1.54, 1.807) is 13.2 Å². The van der Waals surface area contributed by atoms with Crippen LogP contribution in [0.15, 0.2) is 83.8 Å². The average molecular weight is 648 g/mol. The standard InChI is InChI=1S/C37H37N5O4S/c1-4-6-21-45-30-17-15-27(16-18-30)35-28(25-41(40-35)29-11-9-8-10-12-29)24-33-36(43)42-37(47-33)38-34(39-42)20-14-26-13-19-31(32(23-26)44-3)46-22-7-5-2/h8-20,23-25H,4-7,21-22H2,1-3H3/b20-14+,33-24-. The van der Waals surface area contributed by atoms with Crippen molar-refractivity contribution in [3.8, 4) is 34.2 Å². The summed E-state index contributed by atoms with van der Waals surface area (Å²) in [7, 11) is 1.63. The summed E-state index contributed by atoms with van der Waals surface area (Å²) in [6, 6.07) is 23.6. The quantitative estimate of drug-likeness (QED) is 0.117. The lowest BCUT2D eigenvalue weighted by Gasteiger charge is -2.10. The van der Waals surface area contributed by atoms with Crippen molar-refractivity contribution >= 4 is 34.5 Å². The van der Waals surface area contributed by atoms with Gasteiger partial charge in [-0.15, -0.1) is 5.10 Å². The van der Waals surface area contributed by atoms with E-state index < -0.39 is 0 Å². The van der Waals surface area contributed by atoms with E-state index in [9.17, 15) is 4.79 Å². The molecular weight excluding hydrogens is 611 g/mol. The van der Waals surface area contributed by atoms with E-state index in [1.165, 1.54) is 15.9 Å². The summed E-state index contributed by atoms with van der Waals surface area (Å²) >= 11 is 1.30. The lowest BCUT2D eigenvalue weighted by Crippen LogP contribution is -2.23. The van der Waals surface area contributed by atoms with E-state index in [0.717, 1.165) is 59.5 Å². The number of para-hydroxylation sites is 1. The van der Waals surface area contributed by atoms with Crippen LogP contribution in [0.25, 0.3) is 40.1 Å². The number of nitrogens with zero attached hydrogens (tertiary/aromatic N) is 5. The highest BCUT2D eigenvalue weighted by molar-refractivity contribution is 7.15. The molecule has 6 rings (SSSR count). The van der Waals surface area contributed by atoms with Gasteiger partial charge in [0, 0.05) is 17.3 Å². The summed E-state index contributed by atoms with van der Waals surface area (Å²) in [6.07, 6.45) is 11.6. The molecule has 0 spiro atoms. The lowest BCUT2D eigenvalue weighted by atomic mass is 10.1. The summed E-state index contributed by atoms with van der Waals surface area (Å²) in [5, 5.41) is 9.39. The van der Waals surface area contributed by atoms with Gasteiger partial charge in [0.1, 0.15) is 11.4 Å². The second kappa shape index (κ2) is 14.9. The predicted octanol–water partition coefficient (Wildman–Crippen LogP) is 7.09. The fourth-order valence-electron chi connectivity index (χ4n) is 4.94. The van der Waals surface area contributed by atoms with Gasteiger partial charge in [0.05, 0.1) is 30.5 Å². The first-order chi connectivity index (χ1) is 23.1. The first-order valence-electron chi connectivity index (χ1n) is 15.8. The Balaban J connectivity index is 1.28. The van der Waals surface area contributed by atoms with Crippen LogP contribution in [-0.4, -0.2) is 44.7 Å². The number of hydrogen-bond acceptors (Lipinski definition) is 8. The zero-order valence-electron chi connectivity index (χ0n) is 26.8. The van der Waals surface area contributed by atoms with Crippen molar-refractivity contribution in [3.05, 3.63) is 111 Å². The van der Waals surface area contributed by atoms with Crippen LogP contribution in [0.1, 0.15) is 56.5 Å². The topological polar surface area (TPSA) is 92.8 Å². The monoisotopic (exact) mass is 647 g/mol. The Kier molecular flexibility index (Phi) is 10.1. The van der Waals surface area contributed by atoms with Crippen LogP contribution in [0.5, 0.6) is 17.2 Å². The average Bonchev–Trinajstić information content (AvgIpc) is 3.79. The minimum absolute atomic E-state index is 0.231. The second-order valence-corrected chi connectivity index (χ2v) is 12.0. The molecule has 0 aliphatic carbocycles. The summed E-state index contributed by atoms with van der Waals surface area (Å²) in [5.74, 6) is 2.64. The third kappa shape index (κ3) is 7.44. The molecule has 0 radical (unpaired) electrons. The maximum absolute atomic E-state index is 13.5. The van der Waals surface area contributed by atoms with Gasteiger partial charge in [-0.3, -0.25) is 4.79 Å². The minimum atomic E-state index is -0.231. The number of methoxy groups -OCH3 is 1. The van der Waals surface area contributed by atoms with Crippen molar-refractivity contribution < 1.29 is 14.2 Å². The maximum atomic E-state index is 13.5. The van der Waals surface area contributed by atoms with Gasteiger partial charge in [-0.25, -0.2) is 4.68 Å². The molecule has 0 aliphatic rings. The van der Waals surface area contributed by atoms with E-state index in [2.05, 4.69) is 23.9 Å². The van der Waals surface area contributed by atoms with Crippen LogP contribution < -0.4 is 24.3 Å². The van der Waals surface area contributed by atoms with Crippen molar-refractivity contribution in [2.75, 3.05) is 20.3 Å². The van der Waals surface area contributed by atoms with Gasteiger partial charge in [-0.1, -0.05) is 68.4 Å². The smallest absolute Gasteiger partial charge is 0.291 e. The number of rotatable bonds is 14. The molecule has 0 fully saturated rings. The number of hydrogen-bond donors (Lipinski definition) is 0. The molecule has 6 aromatic rings. The maximum Gasteiger partial charge on any atom is 0.291 e. The van der Waals surface area contributed by atoms with Gasteiger partial charge < -0.3 is 14.2 Å². The van der Waals surface area contributed by atoms with Gasteiger partial charge in [0.15, 0.2) is 17.3 Å². The van der Waals surface area contributed by atoms with Gasteiger partial charge in [-0.2, -0.15) is 14.6 Å². The molecule has 0 amide bonds. The molecule has 47 heavy (non-hydrogen) atoms. The van der Waals surface area contributed by atoms with E-state index in [1.807, 2.05) is 95.8 Å². The predicted molar refractivity (Wildman–Crippen MR) is 188 cm³/mol. The van der Waals surface area contributed by atoms with E-state index in [-0.39, 0.29) is 5.56 Å². The van der Waals surface area contributed by atoms with Crippen molar-refractivity contribution in [2.24, 2.45) is 0 Å². The zero-order chi connectivity index (χ0) is 32.6. The molecule has 3 aromatic carbocycles. The van der Waals surface area contributed by atoms with Crippen molar-refractivity contribution in [1.82, 2.24) is 24.4 Å². The fraction of sp³-hybridized carbons (Fsp3) is 0.243. The molecule has 0 unspecified atom stereocenters. The minimum Gasteiger partial charge on any atom is -0.494 e. The number of benzene rings is 3. The van der Waals surface area contributed by atoms with Crippen LogP contribution in [0.4, 0.5) is 0 Å². The Bertz CT molecular complexity index is 2080. The summed E-state index contributed by atoms with van der Waals surface area (Å²) in [6.45, 7) is 5.60. The van der Waals surface area contributed by atoms with Gasteiger partial charge in [-0.05, 0) is 79.1 Å². The molecule has 240 valence electrons. The SMILES string of the molecule is CCCCOc1ccc(-c2nn(-c3ccccc3)cc2/C=c2\sc3nc(/C=C/c4ccc(OCCCC)c(OC)c4)nn3c2=O)cc1. The van der Waals surface area contributed by atoms with Crippen molar-refractivity contribution in [3.63, 3.8) is 0 Å². The number of thiazole rings is 1. The Labute approximate surface area is 277 Å². The highest BCUT2D eigenvalue weighted by Crippen LogP contribution is 2.29. The van der Waals surface area contributed by atoms with Crippen molar-refractivity contribution in [2.45, 2.75) is 39.5 Å². The molecule has 0 saturated carbocycles. The lowest BCUT2D eigenvalue weighted by molar-refractivity contribution is 0.288. The van der Waals surface area contributed by atoms with E-state index in [0.29, 0.717) is 40.0 Å². The highest BCUT2D eigenvalue weighted by atomic mass is 32.1. The first-order valence-corrected chi connectivity index (χ1v) is 16.7. The molecule has 9 nitrogen and oxygen atoms in total. The van der Waals surface area contributed by atoms with Crippen LogP contribution in [-0.2, 0) is 0 Å². The number of fused-ring (bicyclic) bond motifs is 1. The molecule has 0 bridgehead atoms. The van der Waals surface area contributed by atoms with Crippen LogP contribution in [0, 0.1) is 0 Å². The summed E-state index contributed by atoms with van der Waals surface area (Å²) < 4.78 is 20.9. The Morgan fingerprint density at radius 2 is 1.62 bits per heavy atom. The highest BCUT2D eigenvalue weighted by Gasteiger charge is 2.14. The van der Waals surface area contributed by atoms with Crippen LogP contribution in [0.2, 0.25) is 0 Å². The summed E-state index contributed by atoms with van der Waals surface area (Å²) in [4.78, 5) is 18.6. The third-order valence-corrected chi connectivity index (χ3v) is 8.47.